The van der Waals surface area contributed by atoms with Crippen molar-refractivity contribution in [2.24, 2.45) is 23.7 Å². The number of rotatable bonds is 3. The summed E-state index contributed by atoms with van der Waals surface area (Å²) in [7, 11) is 0. The largest absolute Gasteiger partial charge is 0.313 e. The summed E-state index contributed by atoms with van der Waals surface area (Å²) in [6.07, 6.45) is 3.36. The minimum atomic E-state index is -0.659. The van der Waals surface area contributed by atoms with Gasteiger partial charge in [-0.05, 0) is 67.2 Å². The molecule has 1 saturated heterocycles. The topological polar surface area (TPSA) is 64.6 Å². The molecule has 2 heterocycles. The Hall–Kier alpha value is -1.50. The zero-order chi connectivity index (χ0) is 17.1. The third kappa shape index (κ3) is 2.58. The molecule has 3 fully saturated rings. The van der Waals surface area contributed by atoms with Crippen molar-refractivity contribution < 1.29 is 14.4 Å². The van der Waals surface area contributed by atoms with Crippen LogP contribution in [0.2, 0.25) is 0 Å². The van der Waals surface area contributed by atoms with E-state index in [0.717, 1.165) is 48.9 Å². The molecule has 1 amide bonds. The standard InChI is InChI=1S/C19H24FN3O2/c20-16-6-12(19(24)22-25)5-11-1-2-23(9-15(11)16)8-10-3-13-14-7-21-17(4-10)18(13)14/h5-6,10,13-14,17-18,21,25H,1-4,7-9H2,(H,22,24)/t10-,13-,14?,17-,18-/m1/s1. The number of halogens is 1. The first-order valence-corrected chi connectivity index (χ1v) is 9.35. The summed E-state index contributed by atoms with van der Waals surface area (Å²) < 4.78 is 14.5. The summed E-state index contributed by atoms with van der Waals surface area (Å²) in [4.78, 5) is 13.9. The van der Waals surface area contributed by atoms with Gasteiger partial charge in [0.25, 0.3) is 5.91 Å². The van der Waals surface area contributed by atoms with Gasteiger partial charge in [0.1, 0.15) is 5.82 Å². The fourth-order valence-electron chi connectivity index (χ4n) is 5.74. The van der Waals surface area contributed by atoms with E-state index >= 15 is 0 Å². The number of hydrogen-bond donors (Lipinski definition) is 3. The number of amides is 1. The van der Waals surface area contributed by atoms with Crippen LogP contribution in [0.5, 0.6) is 0 Å². The predicted molar refractivity (Wildman–Crippen MR) is 89.6 cm³/mol. The molecule has 0 bridgehead atoms. The summed E-state index contributed by atoms with van der Waals surface area (Å²) >= 11 is 0. The number of nitrogens with zero attached hydrogens (tertiary/aromatic N) is 1. The first-order chi connectivity index (χ1) is 12.1. The maximum Gasteiger partial charge on any atom is 0.274 e. The number of piperidine rings is 1. The van der Waals surface area contributed by atoms with Gasteiger partial charge in [0.05, 0.1) is 0 Å². The van der Waals surface area contributed by atoms with E-state index in [0.29, 0.717) is 18.0 Å². The number of nitrogens with one attached hydrogen (secondary N) is 2. The summed E-state index contributed by atoms with van der Waals surface area (Å²) in [6.45, 7) is 3.79. The number of fused-ring (bicyclic) bond motifs is 2. The van der Waals surface area contributed by atoms with E-state index in [-0.39, 0.29) is 11.4 Å². The molecule has 25 heavy (non-hydrogen) atoms. The van der Waals surface area contributed by atoms with Gasteiger partial charge in [-0.15, -0.1) is 0 Å². The van der Waals surface area contributed by atoms with Crippen LogP contribution in [0.25, 0.3) is 0 Å². The molecule has 5 rings (SSSR count). The Morgan fingerprint density at radius 2 is 2.24 bits per heavy atom. The first kappa shape index (κ1) is 15.7. The van der Waals surface area contributed by atoms with E-state index in [2.05, 4.69) is 10.2 Å². The van der Waals surface area contributed by atoms with Crippen LogP contribution in [0, 0.1) is 29.5 Å². The molecule has 6 heteroatoms. The van der Waals surface area contributed by atoms with Gasteiger partial charge in [-0.25, -0.2) is 9.87 Å². The Morgan fingerprint density at radius 1 is 1.36 bits per heavy atom. The van der Waals surface area contributed by atoms with E-state index < -0.39 is 5.91 Å². The average Bonchev–Trinajstić information content (AvgIpc) is 3.13. The highest BCUT2D eigenvalue weighted by atomic mass is 19.1. The fraction of sp³-hybridized carbons (Fsp3) is 0.632. The van der Waals surface area contributed by atoms with Crippen molar-refractivity contribution in [3.05, 3.63) is 34.6 Å². The Morgan fingerprint density at radius 3 is 3.04 bits per heavy atom. The smallest absolute Gasteiger partial charge is 0.274 e. The number of hydrogen-bond acceptors (Lipinski definition) is 4. The molecule has 134 valence electrons. The minimum Gasteiger partial charge on any atom is -0.313 e. The van der Waals surface area contributed by atoms with Crippen LogP contribution in [0.3, 0.4) is 0 Å². The van der Waals surface area contributed by atoms with Gasteiger partial charge in [0, 0.05) is 36.8 Å². The molecule has 0 spiro atoms. The molecule has 3 N–H and O–H groups in total. The average molecular weight is 345 g/mol. The van der Waals surface area contributed by atoms with Crippen molar-refractivity contribution in [3.8, 4) is 0 Å². The normalized spacial score (nSPS) is 35.8. The SMILES string of the molecule is O=C(NO)c1cc(F)c2c(c1)CCN(C[C@@H]1C[C@@H]3C4CN[C@H](C1)[C@@H]43)C2. The van der Waals surface area contributed by atoms with Crippen molar-refractivity contribution in [2.75, 3.05) is 19.6 Å². The Kier molecular flexibility index (Phi) is 3.62. The molecule has 0 aromatic heterocycles. The van der Waals surface area contributed by atoms with Crippen LogP contribution in [0.15, 0.2) is 12.1 Å². The molecule has 5 nitrogen and oxygen atoms in total. The number of carbonyl (C=O) groups excluding carboxylic acids is 1. The monoisotopic (exact) mass is 345 g/mol. The van der Waals surface area contributed by atoms with E-state index in [4.69, 9.17) is 5.21 Å². The summed E-state index contributed by atoms with van der Waals surface area (Å²) in [6, 6.07) is 3.66. The van der Waals surface area contributed by atoms with Crippen LogP contribution in [-0.4, -0.2) is 41.7 Å². The van der Waals surface area contributed by atoms with Gasteiger partial charge in [-0.1, -0.05) is 0 Å². The maximum absolute atomic E-state index is 14.5. The van der Waals surface area contributed by atoms with Crippen LogP contribution >= 0.6 is 0 Å². The molecule has 5 atom stereocenters. The third-order valence-electron chi connectivity index (χ3n) is 6.92. The summed E-state index contributed by atoms with van der Waals surface area (Å²) in [5.41, 5.74) is 3.36. The molecule has 2 aliphatic heterocycles. The van der Waals surface area contributed by atoms with E-state index in [1.807, 2.05) is 0 Å². The zero-order valence-corrected chi connectivity index (χ0v) is 14.2. The molecular weight excluding hydrogens is 321 g/mol. The number of hydroxylamine groups is 1. The van der Waals surface area contributed by atoms with Gasteiger partial charge in [0.2, 0.25) is 0 Å². The van der Waals surface area contributed by atoms with E-state index in [1.54, 1.807) is 11.5 Å². The van der Waals surface area contributed by atoms with E-state index in [9.17, 15) is 9.18 Å². The van der Waals surface area contributed by atoms with Gasteiger partial charge in [0.15, 0.2) is 0 Å². The zero-order valence-electron chi connectivity index (χ0n) is 14.2. The lowest BCUT2D eigenvalue weighted by molar-refractivity contribution is 0.0705. The van der Waals surface area contributed by atoms with Gasteiger partial charge in [-0.2, -0.15) is 0 Å². The highest BCUT2D eigenvalue weighted by Gasteiger charge is 2.60. The Balaban J connectivity index is 1.27. The number of benzene rings is 1. The predicted octanol–water partition coefficient (Wildman–Crippen LogP) is 1.55. The molecule has 1 aromatic rings. The Bertz CT molecular complexity index is 725. The van der Waals surface area contributed by atoms with Crippen LogP contribution < -0.4 is 10.8 Å². The lowest BCUT2D eigenvalue weighted by Gasteiger charge is -2.35. The molecule has 1 aromatic carbocycles. The highest BCUT2D eigenvalue weighted by molar-refractivity contribution is 5.93. The van der Waals surface area contributed by atoms with Crippen molar-refractivity contribution in [3.63, 3.8) is 0 Å². The van der Waals surface area contributed by atoms with Crippen molar-refractivity contribution in [1.29, 1.82) is 0 Å². The van der Waals surface area contributed by atoms with Crippen molar-refractivity contribution in [1.82, 2.24) is 15.7 Å². The summed E-state index contributed by atoms with van der Waals surface area (Å²) in [5, 5.41) is 12.4. The molecule has 2 aliphatic carbocycles. The van der Waals surface area contributed by atoms with Gasteiger partial charge < -0.3 is 5.32 Å². The maximum atomic E-state index is 14.5. The van der Waals surface area contributed by atoms with Crippen LogP contribution in [0.4, 0.5) is 4.39 Å². The van der Waals surface area contributed by atoms with Crippen molar-refractivity contribution >= 4 is 5.91 Å². The van der Waals surface area contributed by atoms with Gasteiger partial charge in [-0.3, -0.25) is 14.9 Å². The molecular formula is C19H24FN3O2. The second-order valence-electron chi connectivity index (χ2n) is 8.28. The molecule has 4 aliphatic rings. The minimum absolute atomic E-state index is 0.182. The fourth-order valence-corrected chi connectivity index (χ4v) is 5.74. The lowest BCUT2D eigenvalue weighted by atomic mass is 9.84. The summed E-state index contributed by atoms with van der Waals surface area (Å²) in [5.74, 6) is 2.55. The van der Waals surface area contributed by atoms with Crippen LogP contribution in [0.1, 0.15) is 34.3 Å². The quantitative estimate of drug-likeness (QED) is 0.574. The van der Waals surface area contributed by atoms with Gasteiger partial charge >= 0.3 is 0 Å². The molecule has 1 unspecified atom stereocenters. The first-order valence-electron chi connectivity index (χ1n) is 9.35. The third-order valence-corrected chi connectivity index (χ3v) is 6.92. The number of carbonyl (C=O) groups is 1. The van der Waals surface area contributed by atoms with E-state index in [1.165, 1.54) is 25.5 Å². The van der Waals surface area contributed by atoms with Crippen molar-refractivity contribution in [2.45, 2.75) is 31.8 Å². The lowest BCUT2D eigenvalue weighted by Crippen LogP contribution is -2.41. The Labute approximate surface area is 146 Å². The second kappa shape index (κ2) is 5.76. The second-order valence-corrected chi connectivity index (χ2v) is 8.28. The molecule has 0 radical (unpaired) electrons. The highest BCUT2D eigenvalue weighted by Crippen LogP contribution is 2.59. The van der Waals surface area contributed by atoms with Crippen LogP contribution in [-0.2, 0) is 13.0 Å². The molecule has 2 saturated carbocycles.